The van der Waals surface area contributed by atoms with Crippen LogP contribution < -0.4 is 0 Å². The van der Waals surface area contributed by atoms with Gasteiger partial charge in [-0.1, -0.05) is 13.8 Å². The Morgan fingerprint density at radius 3 is 2.69 bits per heavy atom. The van der Waals surface area contributed by atoms with E-state index >= 15 is 0 Å². The molecule has 0 saturated carbocycles. The first-order valence-electron chi connectivity index (χ1n) is 6.08. The van der Waals surface area contributed by atoms with Crippen LogP contribution in [0.1, 0.15) is 40.0 Å². The first-order chi connectivity index (χ1) is 7.61. The van der Waals surface area contributed by atoms with E-state index in [0.29, 0.717) is 13.2 Å². The lowest BCUT2D eigenvalue weighted by Gasteiger charge is -2.25. The van der Waals surface area contributed by atoms with E-state index in [1.54, 1.807) is 11.8 Å². The van der Waals surface area contributed by atoms with Gasteiger partial charge in [-0.25, -0.2) is 4.79 Å². The van der Waals surface area contributed by atoms with Gasteiger partial charge in [0, 0.05) is 12.5 Å². The summed E-state index contributed by atoms with van der Waals surface area (Å²) in [5, 5.41) is 0. The zero-order valence-corrected chi connectivity index (χ0v) is 10.4. The number of hydrogen-bond acceptors (Lipinski definition) is 3. The molecular weight excluding hydrogens is 206 g/mol. The van der Waals surface area contributed by atoms with Crippen LogP contribution in [-0.2, 0) is 14.3 Å². The van der Waals surface area contributed by atoms with Crippen LogP contribution in [0.3, 0.4) is 0 Å². The molecule has 0 bridgehead atoms. The van der Waals surface area contributed by atoms with Gasteiger partial charge < -0.3 is 9.64 Å². The van der Waals surface area contributed by atoms with E-state index in [4.69, 9.17) is 4.74 Å². The summed E-state index contributed by atoms with van der Waals surface area (Å²) in [6.45, 7) is 6.74. The number of nitrogens with zero attached hydrogens (tertiary/aromatic N) is 1. The third-order valence-corrected chi connectivity index (χ3v) is 3.13. The summed E-state index contributed by atoms with van der Waals surface area (Å²) in [5.41, 5.74) is 0. The highest BCUT2D eigenvalue weighted by Gasteiger charge is 2.36. The fourth-order valence-corrected chi connectivity index (χ4v) is 1.97. The van der Waals surface area contributed by atoms with Gasteiger partial charge in [-0.2, -0.15) is 0 Å². The summed E-state index contributed by atoms with van der Waals surface area (Å²) < 4.78 is 4.99. The zero-order valence-electron chi connectivity index (χ0n) is 10.4. The third-order valence-electron chi connectivity index (χ3n) is 3.13. The number of carbonyl (C=O) groups excluding carboxylic acids is 2. The number of rotatable bonds is 4. The second-order valence-electron chi connectivity index (χ2n) is 4.25. The van der Waals surface area contributed by atoms with Crippen LogP contribution in [0.4, 0.5) is 0 Å². The van der Waals surface area contributed by atoms with Crippen molar-refractivity contribution in [3.63, 3.8) is 0 Å². The van der Waals surface area contributed by atoms with E-state index in [0.717, 1.165) is 19.3 Å². The zero-order chi connectivity index (χ0) is 12.1. The minimum atomic E-state index is -0.346. The summed E-state index contributed by atoms with van der Waals surface area (Å²) in [6.07, 6.45) is 2.44. The summed E-state index contributed by atoms with van der Waals surface area (Å²) in [5.74, 6) is -0.176. The molecule has 1 saturated heterocycles. The topological polar surface area (TPSA) is 46.6 Å². The Kier molecular flexibility index (Phi) is 4.77. The lowest BCUT2D eigenvalue weighted by Crippen LogP contribution is -2.43. The molecule has 2 unspecified atom stereocenters. The van der Waals surface area contributed by atoms with E-state index in [1.807, 2.05) is 13.8 Å². The lowest BCUT2D eigenvalue weighted by molar-refractivity contribution is -0.154. The van der Waals surface area contributed by atoms with Crippen molar-refractivity contribution in [2.75, 3.05) is 13.2 Å². The number of amides is 1. The Balaban J connectivity index is 2.65. The molecule has 1 heterocycles. The van der Waals surface area contributed by atoms with Crippen molar-refractivity contribution in [3.05, 3.63) is 0 Å². The van der Waals surface area contributed by atoms with Crippen molar-refractivity contribution in [3.8, 4) is 0 Å². The van der Waals surface area contributed by atoms with Gasteiger partial charge in [0.05, 0.1) is 6.61 Å². The number of ether oxygens (including phenoxy) is 1. The number of hydrogen-bond donors (Lipinski definition) is 0. The van der Waals surface area contributed by atoms with Gasteiger partial charge >= 0.3 is 5.97 Å². The molecule has 2 atom stereocenters. The molecule has 0 radical (unpaired) electrons. The van der Waals surface area contributed by atoms with E-state index in [9.17, 15) is 9.59 Å². The molecule has 1 aliphatic rings. The van der Waals surface area contributed by atoms with Gasteiger partial charge in [0.25, 0.3) is 0 Å². The highest BCUT2D eigenvalue weighted by Crippen LogP contribution is 2.21. The molecular formula is C12H21NO3. The van der Waals surface area contributed by atoms with E-state index in [1.165, 1.54) is 0 Å². The number of carbonyl (C=O) groups is 2. The highest BCUT2D eigenvalue weighted by atomic mass is 16.5. The smallest absolute Gasteiger partial charge is 0.328 e. The van der Waals surface area contributed by atoms with E-state index in [-0.39, 0.29) is 23.8 Å². The molecule has 0 aromatic rings. The summed E-state index contributed by atoms with van der Waals surface area (Å²) in [6, 6.07) is -0.346. The van der Waals surface area contributed by atoms with Gasteiger partial charge in [-0.3, -0.25) is 4.79 Å². The molecule has 0 aromatic heterocycles. The lowest BCUT2D eigenvalue weighted by atomic mass is 10.1. The normalized spacial score (nSPS) is 21.9. The second kappa shape index (κ2) is 5.87. The van der Waals surface area contributed by atoms with Crippen molar-refractivity contribution in [2.45, 2.75) is 46.1 Å². The first-order valence-corrected chi connectivity index (χ1v) is 6.08. The molecule has 4 heteroatoms. The van der Waals surface area contributed by atoms with Gasteiger partial charge in [0.1, 0.15) is 6.04 Å². The molecule has 0 spiro atoms. The number of esters is 1. The minimum Gasteiger partial charge on any atom is -0.464 e. The maximum atomic E-state index is 12.0. The average molecular weight is 227 g/mol. The van der Waals surface area contributed by atoms with Crippen molar-refractivity contribution in [1.82, 2.24) is 4.90 Å². The first kappa shape index (κ1) is 13.0. The standard InChI is InChI=1S/C12H21NO3/c1-4-9(3)11(14)13-8-6-7-10(13)12(15)16-5-2/h9-10H,4-8H2,1-3H3. The average Bonchev–Trinajstić information content (AvgIpc) is 2.76. The van der Waals surface area contributed by atoms with Crippen LogP contribution >= 0.6 is 0 Å². The number of likely N-dealkylation sites (tertiary alicyclic amines) is 1. The van der Waals surface area contributed by atoms with E-state index < -0.39 is 0 Å². The molecule has 92 valence electrons. The third kappa shape index (κ3) is 2.74. The molecule has 1 rings (SSSR count). The predicted octanol–water partition coefficient (Wildman–Crippen LogP) is 1.59. The fourth-order valence-electron chi connectivity index (χ4n) is 1.97. The second-order valence-corrected chi connectivity index (χ2v) is 4.25. The molecule has 0 N–H and O–H groups in total. The molecule has 1 amide bonds. The Labute approximate surface area is 96.9 Å². The Bertz CT molecular complexity index is 265. The molecule has 4 nitrogen and oxygen atoms in total. The van der Waals surface area contributed by atoms with E-state index in [2.05, 4.69) is 0 Å². The quantitative estimate of drug-likeness (QED) is 0.685. The summed E-state index contributed by atoms with van der Waals surface area (Å²) in [4.78, 5) is 25.4. The molecule has 0 aliphatic carbocycles. The predicted molar refractivity (Wildman–Crippen MR) is 60.8 cm³/mol. The molecule has 1 fully saturated rings. The molecule has 0 aromatic carbocycles. The van der Waals surface area contributed by atoms with Gasteiger partial charge in [-0.15, -0.1) is 0 Å². The van der Waals surface area contributed by atoms with Crippen LogP contribution in [0.15, 0.2) is 0 Å². The van der Waals surface area contributed by atoms with Crippen molar-refractivity contribution in [1.29, 1.82) is 0 Å². The van der Waals surface area contributed by atoms with Crippen LogP contribution in [0.2, 0.25) is 0 Å². The monoisotopic (exact) mass is 227 g/mol. The van der Waals surface area contributed by atoms with Crippen LogP contribution in [0.25, 0.3) is 0 Å². The maximum absolute atomic E-state index is 12.0. The highest BCUT2D eigenvalue weighted by molar-refractivity contribution is 5.86. The molecule has 1 aliphatic heterocycles. The fraction of sp³-hybridized carbons (Fsp3) is 0.833. The SMILES string of the molecule is CCOC(=O)C1CCCN1C(=O)C(C)CC. The maximum Gasteiger partial charge on any atom is 0.328 e. The Hall–Kier alpha value is -1.06. The Morgan fingerprint density at radius 1 is 1.44 bits per heavy atom. The van der Waals surface area contributed by atoms with Crippen molar-refractivity contribution >= 4 is 11.9 Å². The van der Waals surface area contributed by atoms with Gasteiger partial charge in [0.2, 0.25) is 5.91 Å². The summed E-state index contributed by atoms with van der Waals surface area (Å²) in [7, 11) is 0. The Morgan fingerprint density at radius 2 is 2.12 bits per heavy atom. The van der Waals surface area contributed by atoms with Crippen LogP contribution in [-0.4, -0.2) is 36.0 Å². The molecule has 16 heavy (non-hydrogen) atoms. The van der Waals surface area contributed by atoms with Crippen LogP contribution in [0.5, 0.6) is 0 Å². The van der Waals surface area contributed by atoms with Gasteiger partial charge in [-0.05, 0) is 26.2 Å². The van der Waals surface area contributed by atoms with Crippen molar-refractivity contribution < 1.29 is 14.3 Å². The summed E-state index contributed by atoms with van der Waals surface area (Å²) >= 11 is 0. The van der Waals surface area contributed by atoms with Gasteiger partial charge in [0.15, 0.2) is 0 Å². The van der Waals surface area contributed by atoms with Crippen molar-refractivity contribution in [2.24, 2.45) is 5.92 Å². The largest absolute Gasteiger partial charge is 0.464 e. The van der Waals surface area contributed by atoms with Crippen LogP contribution in [0, 0.1) is 5.92 Å². The minimum absolute atomic E-state index is 0.00461.